The van der Waals surface area contributed by atoms with Crippen molar-refractivity contribution in [2.24, 2.45) is 0 Å². The Kier molecular flexibility index (Phi) is 4.73. The van der Waals surface area contributed by atoms with E-state index in [0.717, 1.165) is 5.56 Å². The normalized spacial score (nSPS) is 11.6. The summed E-state index contributed by atoms with van der Waals surface area (Å²) in [6, 6.07) is 3.70. The van der Waals surface area contributed by atoms with Gasteiger partial charge in [0.15, 0.2) is 0 Å². The summed E-state index contributed by atoms with van der Waals surface area (Å²) in [5.41, 5.74) is 6.59. The number of pyridine rings is 1. The van der Waals surface area contributed by atoms with Crippen molar-refractivity contribution in [1.29, 1.82) is 0 Å². The molecule has 2 N–H and O–H groups in total. The Balaban J connectivity index is 2.45. The molecule has 0 unspecified atom stereocenters. The van der Waals surface area contributed by atoms with Crippen LogP contribution >= 0.6 is 0 Å². The van der Waals surface area contributed by atoms with Crippen LogP contribution in [0, 0.1) is 0 Å². The average molecular weight is 242 g/mol. The van der Waals surface area contributed by atoms with Crippen LogP contribution in [0.1, 0.15) is 25.3 Å². The van der Waals surface area contributed by atoms with E-state index in [0.29, 0.717) is 25.1 Å². The number of anilines is 1. The first-order valence-corrected chi connectivity index (χ1v) is 7.27. The molecular formula is C11H18N2O2S. The van der Waals surface area contributed by atoms with Crippen LogP contribution in [-0.4, -0.2) is 24.9 Å². The minimum absolute atomic E-state index is 0.231. The van der Waals surface area contributed by atoms with Crippen LogP contribution in [0.15, 0.2) is 18.3 Å². The molecule has 0 amide bonds. The lowest BCUT2D eigenvalue weighted by atomic mass is 10.1. The van der Waals surface area contributed by atoms with Crippen LogP contribution in [0.4, 0.5) is 5.82 Å². The predicted molar refractivity (Wildman–Crippen MR) is 65.9 cm³/mol. The molecule has 90 valence electrons. The zero-order chi connectivity index (χ0) is 12.0. The van der Waals surface area contributed by atoms with E-state index in [2.05, 4.69) is 4.98 Å². The van der Waals surface area contributed by atoms with Crippen molar-refractivity contribution < 1.29 is 8.42 Å². The lowest BCUT2D eigenvalue weighted by Crippen LogP contribution is -2.11. The summed E-state index contributed by atoms with van der Waals surface area (Å²) in [6.07, 6.45) is 3.59. The van der Waals surface area contributed by atoms with Crippen LogP contribution < -0.4 is 5.73 Å². The van der Waals surface area contributed by atoms with Crippen molar-refractivity contribution >= 4 is 15.7 Å². The number of hydrogen-bond acceptors (Lipinski definition) is 4. The molecule has 1 aromatic heterocycles. The minimum atomic E-state index is -2.88. The Labute approximate surface area is 96.8 Å². The maximum absolute atomic E-state index is 11.5. The molecule has 0 saturated heterocycles. The van der Waals surface area contributed by atoms with Gasteiger partial charge in [-0.1, -0.05) is 13.0 Å². The molecule has 0 atom stereocenters. The van der Waals surface area contributed by atoms with Gasteiger partial charge in [-0.25, -0.2) is 13.4 Å². The van der Waals surface area contributed by atoms with Gasteiger partial charge >= 0.3 is 0 Å². The highest BCUT2D eigenvalue weighted by Crippen LogP contribution is 2.10. The molecule has 1 heterocycles. The van der Waals surface area contributed by atoms with Gasteiger partial charge in [-0.15, -0.1) is 0 Å². The highest BCUT2D eigenvalue weighted by Gasteiger charge is 2.09. The van der Waals surface area contributed by atoms with Crippen molar-refractivity contribution in [3.05, 3.63) is 23.9 Å². The third-order valence-corrected chi connectivity index (χ3v) is 4.28. The molecule has 16 heavy (non-hydrogen) atoms. The molecule has 0 saturated carbocycles. The highest BCUT2D eigenvalue weighted by atomic mass is 32.2. The predicted octanol–water partition coefficient (Wildman–Crippen LogP) is 1.42. The second-order valence-corrected chi connectivity index (χ2v) is 6.11. The van der Waals surface area contributed by atoms with Crippen LogP contribution in [0.5, 0.6) is 0 Å². The van der Waals surface area contributed by atoms with Crippen LogP contribution in [0.2, 0.25) is 0 Å². The Morgan fingerprint density at radius 3 is 2.75 bits per heavy atom. The fraction of sp³-hybridized carbons (Fsp3) is 0.545. The van der Waals surface area contributed by atoms with Crippen molar-refractivity contribution in [3.63, 3.8) is 0 Å². The molecule has 0 fully saturated rings. The van der Waals surface area contributed by atoms with Gasteiger partial charge in [0.05, 0.1) is 5.75 Å². The van der Waals surface area contributed by atoms with Crippen molar-refractivity contribution in [3.8, 4) is 0 Å². The van der Waals surface area contributed by atoms with Crippen LogP contribution in [0.25, 0.3) is 0 Å². The van der Waals surface area contributed by atoms with Crippen molar-refractivity contribution in [1.82, 2.24) is 4.98 Å². The van der Waals surface area contributed by atoms with E-state index in [9.17, 15) is 8.42 Å². The smallest absolute Gasteiger partial charge is 0.150 e. The fourth-order valence-electron chi connectivity index (χ4n) is 1.56. The SMILES string of the molecule is CCCS(=O)(=O)CCCc1cccnc1N. The summed E-state index contributed by atoms with van der Waals surface area (Å²) >= 11 is 0. The molecule has 0 aromatic carbocycles. The number of hydrogen-bond donors (Lipinski definition) is 1. The Morgan fingerprint density at radius 2 is 2.12 bits per heavy atom. The Bertz CT molecular complexity index is 429. The van der Waals surface area contributed by atoms with E-state index < -0.39 is 9.84 Å². The van der Waals surface area contributed by atoms with Crippen LogP contribution in [0.3, 0.4) is 0 Å². The lowest BCUT2D eigenvalue weighted by molar-refractivity contribution is 0.592. The summed E-state index contributed by atoms with van der Waals surface area (Å²) in [6.45, 7) is 1.87. The minimum Gasteiger partial charge on any atom is -0.383 e. The van der Waals surface area contributed by atoms with E-state index in [4.69, 9.17) is 5.73 Å². The Morgan fingerprint density at radius 1 is 1.38 bits per heavy atom. The quantitative estimate of drug-likeness (QED) is 0.818. The molecular weight excluding hydrogens is 224 g/mol. The molecule has 0 radical (unpaired) electrons. The Hall–Kier alpha value is -1.10. The first kappa shape index (κ1) is 13.0. The summed E-state index contributed by atoms with van der Waals surface area (Å²) in [4.78, 5) is 3.96. The van der Waals surface area contributed by atoms with E-state index in [1.807, 2.05) is 19.1 Å². The van der Waals surface area contributed by atoms with Crippen LogP contribution in [-0.2, 0) is 16.3 Å². The van der Waals surface area contributed by atoms with E-state index in [1.165, 1.54) is 0 Å². The molecule has 0 spiro atoms. The third-order valence-electron chi connectivity index (χ3n) is 2.34. The van der Waals surface area contributed by atoms with E-state index in [-0.39, 0.29) is 11.5 Å². The van der Waals surface area contributed by atoms with Gasteiger partial charge in [-0.2, -0.15) is 0 Å². The van der Waals surface area contributed by atoms with Gasteiger partial charge < -0.3 is 5.73 Å². The van der Waals surface area contributed by atoms with E-state index in [1.54, 1.807) is 6.20 Å². The number of rotatable bonds is 6. The molecule has 0 aliphatic carbocycles. The standard InChI is InChI=1S/C11H18N2O2S/c1-2-8-16(14,15)9-4-6-10-5-3-7-13-11(10)12/h3,5,7H,2,4,6,8-9H2,1H3,(H2,12,13). The number of aryl methyl sites for hydroxylation is 1. The topological polar surface area (TPSA) is 73.0 Å². The van der Waals surface area contributed by atoms with Gasteiger partial charge in [-0.3, -0.25) is 0 Å². The molecule has 0 aliphatic heterocycles. The molecule has 4 nitrogen and oxygen atoms in total. The van der Waals surface area contributed by atoms with Gasteiger partial charge in [0.2, 0.25) is 0 Å². The van der Waals surface area contributed by atoms with Crippen molar-refractivity contribution in [2.45, 2.75) is 26.2 Å². The van der Waals surface area contributed by atoms with Gasteiger partial charge in [0, 0.05) is 11.9 Å². The first-order chi connectivity index (χ1) is 7.55. The first-order valence-electron chi connectivity index (χ1n) is 5.45. The zero-order valence-corrected chi connectivity index (χ0v) is 10.3. The molecule has 5 heteroatoms. The molecule has 0 bridgehead atoms. The number of aromatic nitrogens is 1. The third kappa shape index (κ3) is 4.18. The maximum Gasteiger partial charge on any atom is 0.150 e. The summed E-state index contributed by atoms with van der Waals surface area (Å²) in [5, 5.41) is 0. The molecule has 0 aliphatic rings. The maximum atomic E-state index is 11.5. The van der Waals surface area contributed by atoms with Gasteiger partial charge in [-0.05, 0) is 30.9 Å². The number of sulfone groups is 1. The molecule has 1 rings (SSSR count). The molecule has 1 aromatic rings. The van der Waals surface area contributed by atoms with Crippen molar-refractivity contribution in [2.75, 3.05) is 17.2 Å². The number of nitrogens with zero attached hydrogens (tertiary/aromatic N) is 1. The highest BCUT2D eigenvalue weighted by molar-refractivity contribution is 7.91. The van der Waals surface area contributed by atoms with E-state index >= 15 is 0 Å². The summed E-state index contributed by atoms with van der Waals surface area (Å²) in [7, 11) is -2.88. The lowest BCUT2D eigenvalue weighted by Gasteiger charge is -2.04. The number of nitrogen functional groups attached to an aromatic ring is 1. The average Bonchev–Trinajstić information content (AvgIpc) is 2.20. The zero-order valence-electron chi connectivity index (χ0n) is 9.52. The fourth-order valence-corrected chi connectivity index (χ4v) is 2.97. The second kappa shape index (κ2) is 5.84. The summed E-state index contributed by atoms with van der Waals surface area (Å²) < 4.78 is 22.9. The largest absolute Gasteiger partial charge is 0.383 e. The second-order valence-electron chi connectivity index (χ2n) is 3.80. The monoisotopic (exact) mass is 242 g/mol. The van der Waals surface area contributed by atoms with Gasteiger partial charge in [0.25, 0.3) is 0 Å². The van der Waals surface area contributed by atoms with Gasteiger partial charge in [0.1, 0.15) is 15.7 Å². The number of nitrogens with two attached hydrogens (primary N) is 1. The summed E-state index contributed by atoms with van der Waals surface area (Å²) in [5.74, 6) is 1.00.